The van der Waals surface area contributed by atoms with Gasteiger partial charge < -0.3 is 10.1 Å². The van der Waals surface area contributed by atoms with E-state index in [2.05, 4.69) is 5.32 Å². The van der Waals surface area contributed by atoms with Crippen LogP contribution in [-0.4, -0.2) is 23.8 Å². The normalized spacial score (nSPS) is 12.0. The van der Waals surface area contributed by atoms with Gasteiger partial charge in [0, 0.05) is 0 Å². The molecule has 20 heavy (non-hydrogen) atoms. The van der Waals surface area contributed by atoms with Crippen molar-refractivity contribution in [1.29, 1.82) is 0 Å². The van der Waals surface area contributed by atoms with Crippen LogP contribution in [0.1, 0.15) is 26.7 Å². The van der Waals surface area contributed by atoms with Gasteiger partial charge in [-0.15, -0.1) is 0 Å². The summed E-state index contributed by atoms with van der Waals surface area (Å²) in [5.41, 5.74) is 0. The molecule has 0 bridgehead atoms. The minimum Gasteiger partial charge on any atom is -0.493 e. The van der Waals surface area contributed by atoms with Crippen LogP contribution in [0.25, 0.3) is 0 Å². The molecule has 0 saturated carbocycles. The average molecular weight is 298 g/mol. The van der Waals surface area contributed by atoms with Crippen molar-refractivity contribution >= 4 is 22.8 Å². The molecule has 1 aromatic rings. The Kier molecular flexibility index (Phi) is 7.09. The topological polar surface area (TPSA) is 55.4 Å². The summed E-state index contributed by atoms with van der Waals surface area (Å²) < 4.78 is 5.42. The van der Waals surface area contributed by atoms with E-state index < -0.39 is 11.3 Å². The first kappa shape index (κ1) is 16.5. The standard InChI is InChI=1S/C15H20ClNO3/c1-11(2)10-13(15(16)19)17-14(18)8-9-20-12-6-4-3-5-7-12/h3-7,11,13H,8-10H2,1-2H3,(H,17,18). The zero-order valence-corrected chi connectivity index (χ0v) is 12.5. The highest BCUT2D eigenvalue weighted by Crippen LogP contribution is 2.09. The molecule has 1 unspecified atom stereocenters. The molecule has 0 aliphatic carbocycles. The molecular formula is C15H20ClNO3. The largest absolute Gasteiger partial charge is 0.493 e. The van der Waals surface area contributed by atoms with Crippen molar-refractivity contribution in [3.8, 4) is 5.75 Å². The predicted molar refractivity (Wildman–Crippen MR) is 78.8 cm³/mol. The maximum absolute atomic E-state index is 11.7. The number of benzene rings is 1. The molecule has 5 heteroatoms. The van der Waals surface area contributed by atoms with Gasteiger partial charge in [-0.3, -0.25) is 9.59 Å². The van der Waals surface area contributed by atoms with Crippen LogP contribution < -0.4 is 10.1 Å². The van der Waals surface area contributed by atoms with E-state index in [1.165, 1.54) is 0 Å². The van der Waals surface area contributed by atoms with Crippen LogP contribution in [0.4, 0.5) is 0 Å². The lowest BCUT2D eigenvalue weighted by Gasteiger charge is -2.16. The van der Waals surface area contributed by atoms with Crippen molar-refractivity contribution in [2.24, 2.45) is 5.92 Å². The molecule has 0 aromatic heterocycles. The number of halogens is 1. The Morgan fingerprint density at radius 3 is 2.45 bits per heavy atom. The van der Waals surface area contributed by atoms with Crippen molar-refractivity contribution in [3.63, 3.8) is 0 Å². The highest BCUT2D eigenvalue weighted by molar-refractivity contribution is 6.64. The van der Waals surface area contributed by atoms with E-state index in [1.807, 2.05) is 44.2 Å². The first-order chi connectivity index (χ1) is 9.49. The van der Waals surface area contributed by atoms with Crippen LogP contribution in [0.5, 0.6) is 5.75 Å². The minimum atomic E-state index is -0.624. The van der Waals surface area contributed by atoms with Crippen LogP contribution in [0.15, 0.2) is 30.3 Å². The van der Waals surface area contributed by atoms with Gasteiger partial charge in [-0.05, 0) is 36.1 Å². The van der Waals surface area contributed by atoms with Gasteiger partial charge >= 0.3 is 0 Å². The fourth-order valence-electron chi connectivity index (χ4n) is 1.72. The van der Waals surface area contributed by atoms with E-state index in [0.29, 0.717) is 12.2 Å². The van der Waals surface area contributed by atoms with Gasteiger partial charge in [0.2, 0.25) is 11.1 Å². The fraction of sp³-hybridized carbons (Fsp3) is 0.467. The number of carbonyl (C=O) groups excluding carboxylic acids is 2. The van der Waals surface area contributed by atoms with Crippen LogP contribution >= 0.6 is 11.6 Å². The van der Waals surface area contributed by atoms with Gasteiger partial charge in [-0.2, -0.15) is 0 Å². The van der Waals surface area contributed by atoms with Gasteiger partial charge in [0.25, 0.3) is 0 Å². The molecule has 0 radical (unpaired) electrons. The Labute approximate surface area is 124 Å². The summed E-state index contributed by atoms with van der Waals surface area (Å²) in [6.07, 6.45) is 0.723. The molecule has 0 spiro atoms. The van der Waals surface area contributed by atoms with Crippen LogP contribution in [0.3, 0.4) is 0 Å². The molecular weight excluding hydrogens is 278 g/mol. The van der Waals surface area contributed by atoms with E-state index in [1.54, 1.807) is 0 Å². The number of amides is 1. The smallest absolute Gasteiger partial charge is 0.244 e. The Morgan fingerprint density at radius 2 is 1.90 bits per heavy atom. The molecule has 4 nitrogen and oxygen atoms in total. The molecule has 0 saturated heterocycles. The van der Waals surface area contributed by atoms with E-state index in [-0.39, 0.29) is 24.9 Å². The van der Waals surface area contributed by atoms with Crippen molar-refractivity contribution < 1.29 is 14.3 Å². The van der Waals surface area contributed by atoms with Crippen LogP contribution in [0, 0.1) is 5.92 Å². The van der Waals surface area contributed by atoms with Gasteiger partial charge in [0.1, 0.15) is 11.8 Å². The summed E-state index contributed by atoms with van der Waals surface area (Å²) in [6, 6.07) is 8.63. The maximum Gasteiger partial charge on any atom is 0.244 e. The number of carbonyl (C=O) groups is 2. The zero-order chi connectivity index (χ0) is 15.0. The SMILES string of the molecule is CC(C)CC(NC(=O)CCOc1ccccc1)C(=O)Cl. The summed E-state index contributed by atoms with van der Waals surface area (Å²) in [5.74, 6) is 0.761. The molecule has 1 aromatic carbocycles. The average Bonchev–Trinajstić information content (AvgIpc) is 2.38. The van der Waals surface area contributed by atoms with Crippen molar-refractivity contribution in [2.75, 3.05) is 6.61 Å². The molecule has 110 valence electrons. The highest BCUT2D eigenvalue weighted by atomic mass is 35.5. The minimum absolute atomic E-state index is 0.188. The summed E-state index contributed by atoms with van der Waals surface area (Å²) in [4.78, 5) is 23.0. The molecule has 1 amide bonds. The number of ether oxygens (including phenoxy) is 1. The van der Waals surface area contributed by atoms with Crippen LogP contribution in [0.2, 0.25) is 0 Å². The summed E-state index contributed by atoms with van der Waals surface area (Å²) in [6.45, 7) is 4.20. The second-order valence-corrected chi connectivity index (χ2v) is 5.34. The summed E-state index contributed by atoms with van der Waals surface area (Å²) in [5, 5.41) is 2.10. The van der Waals surface area contributed by atoms with E-state index in [4.69, 9.17) is 16.3 Å². The number of nitrogens with one attached hydrogen (secondary N) is 1. The van der Waals surface area contributed by atoms with Gasteiger partial charge in [-0.1, -0.05) is 32.0 Å². The van der Waals surface area contributed by atoms with Crippen LogP contribution in [-0.2, 0) is 9.59 Å². The quantitative estimate of drug-likeness (QED) is 0.751. The third kappa shape index (κ3) is 6.57. The molecule has 0 heterocycles. The molecule has 1 rings (SSSR count). The van der Waals surface area contributed by atoms with Crippen molar-refractivity contribution in [2.45, 2.75) is 32.7 Å². The lowest BCUT2D eigenvalue weighted by molar-refractivity contribution is -0.125. The fourth-order valence-corrected chi connectivity index (χ4v) is 1.87. The predicted octanol–water partition coefficient (Wildman–Crippen LogP) is 2.75. The number of para-hydroxylation sites is 1. The van der Waals surface area contributed by atoms with E-state index in [9.17, 15) is 9.59 Å². The second-order valence-electron chi connectivity index (χ2n) is 4.97. The Bertz CT molecular complexity index is 434. The van der Waals surface area contributed by atoms with E-state index in [0.717, 1.165) is 0 Å². The lowest BCUT2D eigenvalue weighted by Crippen LogP contribution is -2.40. The Balaban J connectivity index is 2.33. The van der Waals surface area contributed by atoms with E-state index >= 15 is 0 Å². The maximum atomic E-state index is 11.7. The Hall–Kier alpha value is -1.55. The highest BCUT2D eigenvalue weighted by Gasteiger charge is 2.19. The zero-order valence-electron chi connectivity index (χ0n) is 11.8. The van der Waals surface area contributed by atoms with Gasteiger partial charge in [0.05, 0.1) is 13.0 Å². The number of rotatable bonds is 8. The van der Waals surface area contributed by atoms with Crippen molar-refractivity contribution in [1.82, 2.24) is 5.32 Å². The molecule has 0 aliphatic rings. The molecule has 1 N–H and O–H groups in total. The third-order valence-electron chi connectivity index (χ3n) is 2.66. The first-order valence-corrected chi connectivity index (χ1v) is 7.03. The molecule has 0 fully saturated rings. The lowest BCUT2D eigenvalue weighted by atomic mass is 10.0. The Morgan fingerprint density at radius 1 is 1.25 bits per heavy atom. The summed E-state index contributed by atoms with van der Waals surface area (Å²) >= 11 is 5.48. The van der Waals surface area contributed by atoms with Crippen molar-refractivity contribution in [3.05, 3.63) is 30.3 Å². The number of hydrogen-bond acceptors (Lipinski definition) is 3. The molecule has 1 atom stereocenters. The number of hydrogen-bond donors (Lipinski definition) is 1. The first-order valence-electron chi connectivity index (χ1n) is 6.65. The second kappa shape index (κ2) is 8.59. The molecule has 0 aliphatic heterocycles. The summed E-state index contributed by atoms with van der Waals surface area (Å²) in [7, 11) is 0. The third-order valence-corrected chi connectivity index (χ3v) is 2.92. The van der Waals surface area contributed by atoms with Gasteiger partial charge in [-0.25, -0.2) is 0 Å². The monoisotopic (exact) mass is 297 g/mol. The van der Waals surface area contributed by atoms with Gasteiger partial charge in [0.15, 0.2) is 0 Å².